The molecule has 160 valence electrons. The second-order valence-electron chi connectivity index (χ2n) is 6.34. The molecule has 2 amide bonds. The molecular weight excluding hydrogens is 422 g/mol. The minimum absolute atomic E-state index is 0.182. The maximum Gasteiger partial charge on any atom is 0.419 e. The van der Waals surface area contributed by atoms with E-state index in [1.54, 1.807) is 6.07 Å². The fraction of sp³-hybridized carbons (Fsp3) is 0.105. The van der Waals surface area contributed by atoms with Gasteiger partial charge in [0.1, 0.15) is 29.5 Å². The van der Waals surface area contributed by atoms with E-state index < -0.39 is 23.6 Å². The molecule has 0 saturated heterocycles. The van der Waals surface area contributed by atoms with Gasteiger partial charge in [0.2, 0.25) is 5.88 Å². The number of carbonyl (C=O) groups excluding carboxylic acids is 1. The van der Waals surface area contributed by atoms with Crippen LogP contribution >= 0.6 is 0 Å². The minimum atomic E-state index is -4.89. The lowest BCUT2D eigenvalue weighted by molar-refractivity contribution is -0.139. The number of carbonyl (C=O) groups is 1. The molecule has 1 aliphatic heterocycles. The molecule has 31 heavy (non-hydrogen) atoms. The first-order valence-corrected chi connectivity index (χ1v) is 8.68. The van der Waals surface area contributed by atoms with Crippen molar-refractivity contribution in [2.24, 2.45) is 0 Å². The molecule has 12 heteroatoms. The van der Waals surface area contributed by atoms with Gasteiger partial charge < -0.3 is 20.5 Å². The van der Waals surface area contributed by atoms with Crippen LogP contribution in [0.3, 0.4) is 0 Å². The summed E-state index contributed by atoms with van der Waals surface area (Å²) < 4.78 is 63.1. The molecule has 0 radical (unpaired) electrons. The number of rotatable bonds is 3. The summed E-state index contributed by atoms with van der Waals surface area (Å²) in [6, 6.07) is 7.46. The number of benzene rings is 2. The van der Waals surface area contributed by atoms with Gasteiger partial charge in [0, 0.05) is 17.8 Å². The standard InChI is InChI=1S/C19H13F4N5O3/c20-13-3-1-10(5-12(13)19(21,22)23)27-18(29)28-9-30-15-6-11(2-4-14(15)28)31-17-7-16(24)25-8-26-17/h1-8H,9H2,(H,27,29)(H2,24,25,26). The van der Waals surface area contributed by atoms with Crippen LogP contribution in [0.1, 0.15) is 5.56 Å². The van der Waals surface area contributed by atoms with E-state index in [4.69, 9.17) is 15.2 Å². The van der Waals surface area contributed by atoms with E-state index in [0.29, 0.717) is 29.3 Å². The number of hydrogen-bond donors (Lipinski definition) is 2. The number of anilines is 3. The summed E-state index contributed by atoms with van der Waals surface area (Å²) in [6.07, 6.45) is -3.65. The quantitative estimate of drug-likeness (QED) is 0.592. The first kappa shape index (κ1) is 20.2. The fourth-order valence-corrected chi connectivity index (χ4v) is 2.81. The molecule has 0 atom stereocenters. The summed E-state index contributed by atoms with van der Waals surface area (Å²) >= 11 is 0. The predicted molar refractivity (Wildman–Crippen MR) is 101 cm³/mol. The monoisotopic (exact) mass is 435 g/mol. The Morgan fingerprint density at radius 2 is 1.97 bits per heavy atom. The predicted octanol–water partition coefficient (Wildman–Crippen LogP) is 4.40. The molecular formula is C19H13F4N5O3. The van der Waals surface area contributed by atoms with E-state index in [9.17, 15) is 22.4 Å². The lowest BCUT2D eigenvalue weighted by Crippen LogP contribution is -2.34. The number of amides is 2. The fourth-order valence-electron chi connectivity index (χ4n) is 2.81. The largest absolute Gasteiger partial charge is 0.470 e. The van der Waals surface area contributed by atoms with Gasteiger partial charge in [0.15, 0.2) is 6.73 Å². The molecule has 8 nitrogen and oxygen atoms in total. The highest BCUT2D eigenvalue weighted by atomic mass is 19.4. The van der Waals surface area contributed by atoms with E-state index in [1.165, 1.54) is 29.4 Å². The molecule has 0 spiro atoms. The van der Waals surface area contributed by atoms with Crippen molar-refractivity contribution < 1.29 is 31.8 Å². The smallest absolute Gasteiger partial charge is 0.419 e. The Morgan fingerprint density at radius 3 is 2.71 bits per heavy atom. The Hall–Kier alpha value is -4.09. The van der Waals surface area contributed by atoms with Gasteiger partial charge in [-0.1, -0.05) is 0 Å². The van der Waals surface area contributed by atoms with Gasteiger partial charge in [-0.05, 0) is 30.3 Å². The molecule has 3 N–H and O–H groups in total. The summed E-state index contributed by atoms with van der Waals surface area (Å²) in [6.45, 7) is -0.182. The van der Waals surface area contributed by atoms with Gasteiger partial charge >= 0.3 is 12.2 Å². The Bertz CT molecular complexity index is 1160. The number of fused-ring (bicyclic) bond motifs is 1. The molecule has 0 fully saturated rings. The SMILES string of the molecule is Nc1cc(Oc2ccc3c(c2)OCN3C(=O)Nc2ccc(F)c(C(F)(F)F)c2)ncn1. The van der Waals surface area contributed by atoms with Crippen molar-refractivity contribution >= 4 is 23.2 Å². The van der Waals surface area contributed by atoms with Gasteiger partial charge in [-0.2, -0.15) is 13.2 Å². The zero-order valence-electron chi connectivity index (χ0n) is 15.5. The van der Waals surface area contributed by atoms with E-state index in [-0.39, 0.29) is 24.1 Å². The third-order valence-corrected chi connectivity index (χ3v) is 4.22. The van der Waals surface area contributed by atoms with Crippen LogP contribution in [-0.2, 0) is 6.18 Å². The number of alkyl halides is 3. The van der Waals surface area contributed by atoms with Gasteiger partial charge in [-0.15, -0.1) is 0 Å². The highest BCUT2D eigenvalue weighted by Crippen LogP contribution is 2.38. The lowest BCUT2D eigenvalue weighted by atomic mass is 10.2. The van der Waals surface area contributed by atoms with E-state index in [1.807, 2.05) is 0 Å². The molecule has 4 rings (SSSR count). The highest BCUT2D eigenvalue weighted by molar-refractivity contribution is 6.03. The van der Waals surface area contributed by atoms with Crippen molar-refractivity contribution in [2.45, 2.75) is 6.18 Å². The summed E-state index contributed by atoms with van der Waals surface area (Å²) in [4.78, 5) is 21.4. The number of hydrogen-bond acceptors (Lipinski definition) is 6. The maximum atomic E-state index is 13.4. The van der Waals surface area contributed by atoms with E-state index >= 15 is 0 Å². The van der Waals surface area contributed by atoms with Crippen molar-refractivity contribution in [2.75, 3.05) is 22.7 Å². The zero-order chi connectivity index (χ0) is 22.2. The van der Waals surface area contributed by atoms with E-state index in [0.717, 1.165) is 6.07 Å². The average Bonchev–Trinajstić information content (AvgIpc) is 3.12. The van der Waals surface area contributed by atoms with E-state index in [2.05, 4.69) is 15.3 Å². The van der Waals surface area contributed by atoms with Gasteiger partial charge in [-0.3, -0.25) is 4.90 Å². The van der Waals surface area contributed by atoms with Gasteiger partial charge in [-0.25, -0.2) is 19.2 Å². The zero-order valence-corrected chi connectivity index (χ0v) is 15.5. The summed E-state index contributed by atoms with van der Waals surface area (Å²) in [7, 11) is 0. The van der Waals surface area contributed by atoms with Gasteiger partial charge in [0.05, 0.1) is 11.3 Å². The van der Waals surface area contributed by atoms with Crippen molar-refractivity contribution in [3.63, 3.8) is 0 Å². The maximum absolute atomic E-state index is 13.4. The number of urea groups is 1. The van der Waals surface area contributed by atoms with Crippen molar-refractivity contribution in [1.29, 1.82) is 0 Å². The molecule has 2 heterocycles. The number of nitrogen functional groups attached to an aromatic ring is 1. The first-order chi connectivity index (χ1) is 14.7. The lowest BCUT2D eigenvalue weighted by Gasteiger charge is -2.17. The second-order valence-corrected chi connectivity index (χ2v) is 6.34. The van der Waals surface area contributed by atoms with Crippen molar-refractivity contribution in [1.82, 2.24) is 9.97 Å². The Kier molecular flexibility index (Phi) is 4.97. The minimum Gasteiger partial charge on any atom is -0.470 e. The number of nitrogens with two attached hydrogens (primary N) is 1. The molecule has 0 aliphatic carbocycles. The number of nitrogens with zero attached hydrogens (tertiary/aromatic N) is 3. The summed E-state index contributed by atoms with van der Waals surface area (Å²) in [5.41, 5.74) is 4.24. The van der Waals surface area contributed by atoms with Crippen LogP contribution in [0, 0.1) is 5.82 Å². The molecule has 0 saturated carbocycles. The number of ether oxygens (including phenoxy) is 2. The molecule has 3 aromatic rings. The third kappa shape index (κ3) is 4.27. The Morgan fingerprint density at radius 1 is 1.16 bits per heavy atom. The van der Waals surface area contributed by atoms with Crippen molar-refractivity contribution in [3.05, 3.63) is 60.2 Å². The van der Waals surface area contributed by atoms with Crippen LogP contribution in [0.15, 0.2) is 48.8 Å². The Balaban J connectivity index is 1.50. The molecule has 1 aromatic heterocycles. The number of halogens is 4. The normalized spacial score (nSPS) is 12.8. The molecule has 1 aliphatic rings. The molecule has 0 bridgehead atoms. The number of aromatic nitrogens is 2. The summed E-state index contributed by atoms with van der Waals surface area (Å²) in [5.74, 6) is -0.341. The number of nitrogens with one attached hydrogen (secondary N) is 1. The first-order valence-electron chi connectivity index (χ1n) is 8.68. The third-order valence-electron chi connectivity index (χ3n) is 4.22. The Labute approximate surface area is 172 Å². The van der Waals surface area contributed by atoms with Crippen LogP contribution in [0.25, 0.3) is 0 Å². The highest BCUT2D eigenvalue weighted by Gasteiger charge is 2.34. The molecule has 0 unspecified atom stereocenters. The second kappa shape index (κ2) is 7.63. The summed E-state index contributed by atoms with van der Waals surface area (Å²) in [5, 5.41) is 2.30. The van der Waals surface area contributed by atoms with Crippen LogP contribution in [0.5, 0.6) is 17.4 Å². The van der Waals surface area contributed by atoms with Crippen molar-refractivity contribution in [3.8, 4) is 17.4 Å². The van der Waals surface area contributed by atoms with Crippen LogP contribution in [0.4, 0.5) is 39.5 Å². The van der Waals surface area contributed by atoms with Gasteiger partial charge in [0.25, 0.3) is 0 Å². The van der Waals surface area contributed by atoms with Crippen LogP contribution in [-0.4, -0.2) is 22.7 Å². The van der Waals surface area contributed by atoms with Crippen LogP contribution in [0.2, 0.25) is 0 Å². The van der Waals surface area contributed by atoms with Crippen LogP contribution < -0.4 is 25.4 Å². The average molecular weight is 435 g/mol. The molecule has 2 aromatic carbocycles. The topological polar surface area (TPSA) is 103 Å².